The summed E-state index contributed by atoms with van der Waals surface area (Å²) in [5.74, 6) is 0.0364. The number of imidazole rings is 1. The van der Waals surface area contributed by atoms with Crippen LogP contribution in [0.5, 0.6) is 0 Å². The Labute approximate surface area is 113 Å². The average Bonchev–Trinajstić information content (AvgIpc) is 2.71. The molecule has 0 saturated carbocycles. The van der Waals surface area contributed by atoms with E-state index in [1.807, 2.05) is 0 Å². The Morgan fingerprint density at radius 2 is 2.11 bits per heavy atom. The Hall–Kier alpha value is -1.69. The van der Waals surface area contributed by atoms with E-state index in [1.54, 1.807) is 34.0 Å². The smallest absolute Gasteiger partial charge is 0.419 e. The molecule has 0 aliphatic heterocycles. The number of carbonyl (C=O) groups excluding carboxylic acids is 2. The van der Waals surface area contributed by atoms with E-state index in [1.165, 1.54) is 17.8 Å². The number of Topliss-reactive ketones (excluding diaryl/α,β-unsaturated/α-hetero) is 1. The van der Waals surface area contributed by atoms with Crippen LogP contribution in [-0.4, -0.2) is 40.1 Å². The van der Waals surface area contributed by atoms with Gasteiger partial charge in [-0.05, 0) is 34.7 Å². The average molecular weight is 267 g/mol. The monoisotopic (exact) mass is 267 g/mol. The highest BCUT2D eigenvalue weighted by molar-refractivity contribution is 5.81. The predicted octanol–water partition coefficient (Wildman–Crippen LogP) is 1.39. The quantitative estimate of drug-likeness (QED) is 0.892. The molecule has 19 heavy (non-hydrogen) atoms. The minimum absolute atomic E-state index is 0.0364. The minimum atomic E-state index is -0.547. The summed E-state index contributed by atoms with van der Waals surface area (Å²) in [5, 5.41) is 2.91. The van der Waals surface area contributed by atoms with Crippen molar-refractivity contribution in [2.24, 2.45) is 0 Å². The van der Waals surface area contributed by atoms with Gasteiger partial charge < -0.3 is 10.1 Å². The van der Waals surface area contributed by atoms with Crippen LogP contribution in [-0.2, 0) is 16.0 Å². The normalized spacial score (nSPS) is 13.1. The van der Waals surface area contributed by atoms with Crippen LogP contribution >= 0.6 is 0 Å². The molecule has 106 valence electrons. The molecule has 1 rings (SSSR count). The van der Waals surface area contributed by atoms with Crippen molar-refractivity contribution in [3.8, 4) is 0 Å². The number of hydrogen-bond acceptors (Lipinski definition) is 5. The van der Waals surface area contributed by atoms with Crippen molar-refractivity contribution in [1.82, 2.24) is 14.9 Å². The summed E-state index contributed by atoms with van der Waals surface area (Å²) in [6, 6.07) is -0.290. The first-order chi connectivity index (χ1) is 8.73. The van der Waals surface area contributed by atoms with Crippen LogP contribution < -0.4 is 5.32 Å². The highest BCUT2D eigenvalue weighted by Gasteiger charge is 2.19. The van der Waals surface area contributed by atoms with Crippen LogP contribution in [0.1, 0.15) is 33.4 Å². The van der Waals surface area contributed by atoms with Gasteiger partial charge in [0.15, 0.2) is 0 Å². The molecule has 1 atom stereocenters. The lowest BCUT2D eigenvalue weighted by molar-refractivity contribution is -0.118. The number of hydrogen-bond donors (Lipinski definition) is 1. The zero-order valence-corrected chi connectivity index (χ0v) is 12.1. The molecule has 0 amide bonds. The van der Waals surface area contributed by atoms with E-state index in [0.29, 0.717) is 12.1 Å². The maximum absolute atomic E-state index is 11.8. The molecule has 0 fully saturated rings. The van der Waals surface area contributed by atoms with Gasteiger partial charge in [0.2, 0.25) is 0 Å². The largest absolute Gasteiger partial charge is 0.443 e. The summed E-state index contributed by atoms with van der Waals surface area (Å²) in [7, 11) is 1.72. The summed E-state index contributed by atoms with van der Waals surface area (Å²) < 4.78 is 6.50. The van der Waals surface area contributed by atoms with Crippen LogP contribution in [0.4, 0.5) is 4.79 Å². The van der Waals surface area contributed by atoms with Gasteiger partial charge in [-0.15, -0.1) is 0 Å². The van der Waals surface area contributed by atoms with Gasteiger partial charge in [0, 0.05) is 12.6 Å². The van der Waals surface area contributed by atoms with Crippen molar-refractivity contribution in [2.75, 3.05) is 7.05 Å². The molecule has 1 N–H and O–H groups in total. The second-order valence-corrected chi connectivity index (χ2v) is 5.41. The van der Waals surface area contributed by atoms with Crippen LogP contribution in [0.15, 0.2) is 12.5 Å². The van der Waals surface area contributed by atoms with Crippen LogP contribution in [0.2, 0.25) is 0 Å². The maximum atomic E-state index is 11.8. The Morgan fingerprint density at radius 3 is 2.58 bits per heavy atom. The Balaban J connectivity index is 2.72. The molecular formula is C13H21N3O3. The topological polar surface area (TPSA) is 73.2 Å². The molecule has 0 spiro atoms. The fourth-order valence-corrected chi connectivity index (χ4v) is 1.54. The lowest BCUT2D eigenvalue weighted by Crippen LogP contribution is -2.34. The number of likely N-dealkylation sites (N-methyl/N-ethyl adjacent to an activating group) is 1. The molecule has 0 bridgehead atoms. The van der Waals surface area contributed by atoms with E-state index >= 15 is 0 Å². The van der Waals surface area contributed by atoms with Crippen LogP contribution in [0.25, 0.3) is 0 Å². The number of rotatable bonds is 4. The molecule has 0 aromatic carbocycles. The van der Waals surface area contributed by atoms with Crippen LogP contribution in [0, 0.1) is 0 Å². The molecule has 0 saturated heterocycles. The molecule has 0 unspecified atom stereocenters. The summed E-state index contributed by atoms with van der Waals surface area (Å²) in [6.45, 7) is 6.92. The molecule has 1 aromatic heterocycles. The number of carbonyl (C=O) groups is 2. The van der Waals surface area contributed by atoms with Crippen molar-refractivity contribution in [1.29, 1.82) is 0 Å². The van der Waals surface area contributed by atoms with Gasteiger partial charge >= 0.3 is 6.09 Å². The van der Waals surface area contributed by atoms with Gasteiger partial charge in [0.05, 0.1) is 11.7 Å². The highest BCUT2D eigenvalue weighted by atomic mass is 16.6. The lowest BCUT2D eigenvalue weighted by atomic mass is 10.1. The second-order valence-electron chi connectivity index (χ2n) is 5.41. The van der Waals surface area contributed by atoms with Crippen molar-refractivity contribution >= 4 is 11.9 Å². The third-order valence-corrected chi connectivity index (χ3v) is 2.49. The van der Waals surface area contributed by atoms with Gasteiger partial charge in [-0.2, -0.15) is 0 Å². The second kappa shape index (κ2) is 5.97. The molecule has 0 aliphatic rings. The van der Waals surface area contributed by atoms with Gasteiger partial charge in [0.25, 0.3) is 0 Å². The molecule has 6 nitrogen and oxygen atoms in total. The van der Waals surface area contributed by atoms with E-state index in [-0.39, 0.29) is 11.8 Å². The van der Waals surface area contributed by atoms with Crippen LogP contribution in [0.3, 0.4) is 0 Å². The zero-order chi connectivity index (χ0) is 14.6. The number of aromatic nitrogens is 2. The van der Waals surface area contributed by atoms with E-state index < -0.39 is 11.7 Å². The SMILES string of the molecule is CN[C@@H](Cc1cn(C(=O)OC(C)(C)C)cn1)C(C)=O. The van der Waals surface area contributed by atoms with Crippen molar-refractivity contribution in [2.45, 2.75) is 45.8 Å². The number of nitrogens with one attached hydrogen (secondary N) is 1. The van der Waals surface area contributed by atoms with Crippen molar-refractivity contribution in [3.05, 3.63) is 18.2 Å². The highest BCUT2D eigenvalue weighted by Crippen LogP contribution is 2.10. The third-order valence-electron chi connectivity index (χ3n) is 2.49. The minimum Gasteiger partial charge on any atom is -0.443 e. The molecule has 0 aliphatic carbocycles. The van der Waals surface area contributed by atoms with Crippen molar-refractivity contribution in [3.63, 3.8) is 0 Å². The molecule has 1 aromatic rings. The Bertz CT molecular complexity index is 460. The van der Waals surface area contributed by atoms with Crippen molar-refractivity contribution < 1.29 is 14.3 Å². The molecule has 0 radical (unpaired) electrons. The molecule has 1 heterocycles. The fourth-order valence-electron chi connectivity index (χ4n) is 1.54. The Kier molecular flexibility index (Phi) is 4.83. The fraction of sp³-hybridized carbons (Fsp3) is 0.615. The van der Waals surface area contributed by atoms with Gasteiger partial charge in [0.1, 0.15) is 17.7 Å². The third kappa shape index (κ3) is 4.82. The number of ketones is 1. The summed E-state index contributed by atoms with van der Waals surface area (Å²) in [6.07, 6.45) is 2.95. The van der Waals surface area contributed by atoms with E-state index in [0.717, 1.165) is 0 Å². The number of ether oxygens (including phenoxy) is 1. The summed E-state index contributed by atoms with van der Waals surface area (Å²) >= 11 is 0. The maximum Gasteiger partial charge on any atom is 0.419 e. The molecule has 6 heteroatoms. The first-order valence-corrected chi connectivity index (χ1v) is 6.17. The summed E-state index contributed by atoms with van der Waals surface area (Å²) in [4.78, 5) is 27.2. The number of nitrogens with zero attached hydrogens (tertiary/aromatic N) is 2. The van der Waals surface area contributed by atoms with E-state index in [4.69, 9.17) is 4.74 Å². The van der Waals surface area contributed by atoms with E-state index in [2.05, 4.69) is 10.3 Å². The van der Waals surface area contributed by atoms with E-state index in [9.17, 15) is 9.59 Å². The predicted molar refractivity (Wildman–Crippen MR) is 71.1 cm³/mol. The Morgan fingerprint density at radius 1 is 1.47 bits per heavy atom. The first-order valence-electron chi connectivity index (χ1n) is 6.17. The molecular weight excluding hydrogens is 246 g/mol. The van der Waals surface area contributed by atoms with Gasteiger partial charge in [-0.1, -0.05) is 0 Å². The summed E-state index contributed by atoms with van der Waals surface area (Å²) in [5.41, 5.74) is 0.120. The van der Waals surface area contributed by atoms with Gasteiger partial charge in [-0.3, -0.25) is 4.79 Å². The standard InChI is InChI=1S/C13H21N3O3/c1-9(17)11(14-5)6-10-7-16(8-15-10)12(18)19-13(2,3)4/h7-8,11,14H,6H2,1-5H3/t11-/m0/s1. The van der Waals surface area contributed by atoms with Gasteiger partial charge in [-0.25, -0.2) is 14.3 Å². The lowest BCUT2D eigenvalue weighted by Gasteiger charge is -2.19. The first kappa shape index (κ1) is 15.4. The zero-order valence-electron chi connectivity index (χ0n) is 12.1.